The quantitative estimate of drug-likeness (QED) is 0.454. The first-order valence-corrected chi connectivity index (χ1v) is 11.9. The zero-order valence-electron chi connectivity index (χ0n) is 18.3. The molecule has 0 unspecified atom stereocenters. The van der Waals surface area contributed by atoms with Crippen molar-refractivity contribution in [3.63, 3.8) is 0 Å². The minimum atomic E-state index is -0.148. The van der Waals surface area contributed by atoms with Crippen LogP contribution in [-0.2, 0) is 0 Å². The number of pyridine rings is 1. The van der Waals surface area contributed by atoms with Gasteiger partial charge < -0.3 is 9.88 Å². The molecular weight excluding hydrogens is 399 g/mol. The van der Waals surface area contributed by atoms with Crippen molar-refractivity contribution in [3.05, 3.63) is 72.3 Å². The van der Waals surface area contributed by atoms with Crippen LogP contribution in [0.15, 0.2) is 60.9 Å². The van der Waals surface area contributed by atoms with Crippen molar-refractivity contribution >= 4 is 27.5 Å². The zero-order chi connectivity index (χ0) is 21.5. The number of benzene rings is 2. The zero-order valence-corrected chi connectivity index (χ0v) is 18.3. The summed E-state index contributed by atoms with van der Waals surface area (Å²) < 4.78 is 13.8. The van der Waals surface area contributed by atoms with Gasteiger partial charge in [-0.1, -0.05) is 24.3 Å². The summed E-state index contributed by atoms with van der Waals surface area (Å²) in [5.74, 6) is 1.51. The van der Waals surface area contributed by atoms with E-state index in [0.29, 0.717) is 12.0 Å². The van der Waals surface area contributed by atoms with Crippen LogP contribution in [0.5, 0.6) is 0 Å². The highest BCUT2D eigenvalue weighted by Crippen LogP contribution is 2.38. The monoisotopic (exact) mass is 428 g/mol. The fraction of sp³-hybridized carbons (Fsp3) is 0.370. The second-order valence-corrected chi connectivity index (χ2v) is 9.32. The summed E-state index contributed by atoms with van der Waals surface area (Å²) in [6, 6.07) is 16.4. The van der Waals surface area contributed by atoms with Gasteiger partial charge in [0.2, 0.25) is 0 Å². The Hall–Kier alpha value is -2.92. The van der Waals surface area contributed by atoms with E-state index >= 15 is 0 Å². The lowest BCUT2D eigenvalue weighted by atomic mass is 9.81. The van der Waals surface area contributed by atoms with Crippen LogP contribution in [-0.4, -0.2) is 47.1 Å². The molecule has 0 atom stereocenters. The van der Waals surface area contributed by atoms with E-state index in [1.54, 1.807) is 6.07 Å². The second-order valence-electron chi connectivity index (χ2n) is 9.32. The Morgan fingerprint density at radius 3 is 2.53 bits per heavy atom. The molecule has 5 heteroatoms. The van der Waals surface area contributed by atoms with E-state index < -0.39 is 0 Å². The maximum atomic E-state index is 13.8. The molecule has 32 heavy (non-hydrogen) atoms. The Morgan fingerprint density at radius 1 is 0.875 bits per heavy atom. The molecule has 1 N–H and O–H groups in total. The summed E-state index contributed by atoms with van der Waals surface area (Å²) in [4.78, 5) is 13.2. The first-order chi connectivity index (χ1) is 15.8. The number of hydrogen-bond acceptors (Lipinski definition) is 3. The van der Waals surface area contributed by atoms with Crippen LogP contribution in [0.2, 0.25) is 0 Å². The van der Waals surface area contributed by atoms with E-state index in [2.05, 4.69) is 51.3 Å². The van der Waals surface area contributed by atoms with Crippen molar-refractivity contribution in [1.82, 2.24) is 14.9 Å². The van der Waals surface area contributed by atoms with Crippen molar-refractivity contribution in [2.75, 3.05) is 31.1 Å². The Labute approximate surface area is 188 Å². The van der Waals surface area contributed by atoms with Crippen molar-refractivity contribution in [2.24, 2.45) is 0 Å². The van der Waals surface area contributed by atoms with Gasteiger partial charge in [0.15, 0.2) is 0 Å². The van der Waals surface area contributed by atoms with Crippen LogP contribution >= 0.6 is 0 Å². The standard InChI is InChI=1S/C27H29FN4/c28-21-7-10-26-24(17-21)25(18-30-26)20-5-8-22(9-6-20)31-13-15-32(16-14-31)27-23-4-2-1-3-19(23)11-12-29-27/h1-4,7,10-12,17-18,20,22,30H,5-6,8-9,13-16H2. The molecule has 164 valence electrons. The Balaban J connectivity index is 1.09. The average Bonchev–Trinajstić information content (AvgIpc) is 3.27. The lowest BCUT2D eigenvalue weighted by molar-refractivity contribution is 0.141. The molecule has 2 aromatic carbocycles. The smallest absolute Gasteiger partial charge is 0.136 e. The molecule has 2 aliphatic rings. The summed E-state index contributed by atoms with van der Waals surface area (Å²) >= 11 is 0. The molecule has 3 heterocycles. The molecule has 4 nitrogen and oxygen atoms in total. The highest BCUT2D eigenvalue weighted by Gasteiger charge is 2.30. The SMILES string of the molecule is Fc1ccc2[nH]cc(C3CCC(N4CCN(c5nccc6ccccc56)CC4)CC3)c2c1. The molecule has 2 fully saturated rings. The van der Waals surface area contributed by atoms with Crippen LogP contribution in [0.3, 0.4) is 0 Å². The first kappa shape index (κ1) is 19.7. The molecule has 1 aliphatic heterocycles. The molecule has 2 aromatic heterocycles. The first-order valence-electron chi connectivity index (χ1n) is 11.9. The maximum absolute atomic E-state index is 13.8. The number of rotatable bonds is 3. The van der Waals surface area contributed by atoms with Crippen LogP contribution in [0.25, 0.3) is 21.7 Å². The summed E-state index contributed by atoms with van der Waals surface area (Å²) in [7, 11) is 0. The van der Waals surface area contributed by atoms with Crippen LogP contribution < -0.4 is 4.90 Å². The molecule has 1 saturated carbocycles. The van der Waals surface area contributed by atoms with Crippen molar-refractivity contribution < 1.29 is 4.39 Å². The fourth-order valence-electron chi connectivity index (χ4n) is 5.86. The fourth-order valence-corrected chi connectivity index (χ4v) is 5.86. The van der Waals surface area contributed by atoms with E-state index in [4.69, 9.17) is 4.98 Å². The number of anilines is 1. The lowest BCUT2D eigenvalue weighted by Gasteiger charge is -2.42. The van der Waals surface area contributed by atoms with Crippen molar-refractivity contribution in [1.29, 1.82) is 0 Å². The van der Waals surface area contributed by atoms with Gasteiger partial charge in [0, 0.05) is 60.9 Å². The van der Waals surface area contributed by atoms with Gasteiger partial charge in [-0.25, -0.2) is 9.37 Å². The van der Waals surface area contributed by atoms with Crippen molar-refractivity contribution in [2.45, 2.75) is 37.6 Å². The molecule has 0 spiro atoms. The van der Waals surface area contributed by atoms with Crippen molar-refractivity contribution in [3.8, 4) is 0 Å². The van der Waals surface area contributed by atoms with Gasteiger partial charge in [-0.2, -0.15) is 0 Å². The Morgan fingerprint density at radius 2 is 1.69 bits per heavy atom. The van der Waals surface area contributed by atoms with Gasteiger partial charge >= 0.3 is 0 Å². The topological polar surface area (TPSA) is 35.2 Å². The number of piperazine rings is 1. The third kappa shape index (κ3) is 3.55. The molecular formula is C27H29FN4. The molecule has 0 radical (unpaired) electrons. The van der Waals surface area contributed by atoms with Gasteiger partial charge in [-0.3, -0.25) is 4.90 Å². The van der Waals surface area contributed by atoms with E-state index in [1.165, 1.54) is 48.1 Å². The van der Waals surface area contributed by atoms with Gasteiger partial charge in [0.05, 0.1) is 0 Å². The third-order valence-electron chi connectivity index (χ3n) is 7.60. The highest BCUT2D eigenvalue weighted by atomic mass is 19.1. The minimum Gasteiger partial charge on any atom is -0.361 e. The minimum absolute atomic E-state index is 0.148. The Kier molecular flexibility index (Phi) is 5.07. The van der Waals surface area contributed by atoms with Gasteiger partial charge in [0.25, 0.3) is 0 Å². The number of halogens is 1. The van der Waals surface area contributed by atoms with Crippen LogP contribution in [0.4, 0.5) is 10.2 Å². The number of aromatic amines is 1. The van der Waals surface area contributed by atoms with Crippen LogP contribution in [0.1, 0.15) is 37.2 Å². The molecule has 0 amide bonds. The summed E-state index contributed by atoms with van der Waals surface area (Å²) in [6.45, 7) is 4.25. The van der Waals surface area contributed by atoms with E-state index in [0.717, 1.165) is 42.9 Å². The number of nitrogens with zero attached hydrogens (tertiary/aromatic N) is 3. The van der Waals surface area contributed by atoms with Gasteiger partial charge in [-0.05, 0) is 66.8 Å². The predicted octanol–water partition coefficient (Wildman–Crippen LogP) is 5.70. The summed E-state index contributed by atoms with van der Waals surface area (Å²) in [5, 5.41) is 3.57. The number of H-pyrrole nitrogens is 1. The van der Waals surface area contributed by atoms with Gasteiger partial charge in [0.1, 0.15) is 11.6 Å². The molecule has 1 saturated heterocycles. The Bertz CT molecular complexity index is 1230. The normalized spacial score (nSPS) is 22.6. The molecule has 6 rings (SSSR count). The van der Waals surface area contributed by atoms with E-state index in [9.17, 15) is 4.39 Å². The number of aromatic nitrogens is 2. The van der Waals surface area contributed by atoms with E-state index in [-0.39, 0.29) is 5.82 Å². The number of nitrogens with one attached hydrogen (secondary N) is 1. The third-order valence-corrected chi connectivity index (χ3v) is 7.60. The van der Waals surface area contributed by atoms with E-state index in [1.807, 2.05) is 12.3 Å². The number of hydrogen-bond donors (Lipinski definition) is 1. The second kappa shape index (κ2) is 8.21. The predicted molar refractivity (Wildman–Crippen MR) is 129 cm³/mol. The largest absolute Gasteiger partial charge is 0.361 e. The highest BCUT2D eigenvalue weighted by molar-refractivity contribution is 5.92. The average molecular weight is 429 g/mol. The number of fused-ring (bicyclic) bond motifs is 2. The van der Waals surface area contributed by atoms with Gasteiger partial charge in [-0.15, -0.1) is 0 Å². The van der Waals surface area contributed by atoms with Crippen LogP contribution in [0, 0.1) is 5.82 Å². The lowest BCUT2D eigenvalue weighted by Crippen LogP contribution is -2.51. The summed E-state index contributed by atoms with van der Waals surface area (Å²) in [6.07, 6.45) is 8.84. The maximum Gasteiger partial charge on any atom is 0.136 e. The summed E-state index contributed by atoms with van der Waals surface area (Å²) in [5.41, 5.74) is 2.34. The molecule has 1 aliphatic carbocycles. The molecule has 4 aromatic rings. The molecule has 0 bridgehead atoms.